The maximum Gasteiger partial charge on any atom is 0.261 e. The molecule has 0 radical (unpaired) electrons. The number of thiophene rings is 1. The Morgan fingerprint density at radius 1 is 1.29 bits per heavy atom. The zero-order valence-electron chi connectivity index (χ0n) is 17.8. The first-order valence-electron chi connectivity index (χ1n) is 10.3. The minimum atomic E-state index is -0.341. The molecule has 0 aliphatic heterocycles. The van der Waals surface area contributed by atoms with Crippen LogP contribution in [0.3, 0.4) is 0 Å². The Hall–Kier alpha value is -1.88. The van der Waals surface area contributed by atoms with Crippen molar-refractivity contribution in [3.8, 4) is 5.75 Å². The molecule has 1 aliphatic carbocycles. The van der Waals surface area contributed by atoms with Crippen LogP contribution < -0.4 is 20.7 Å². The van der Waals surface area contributed by atoms with Gasteiger partial charge in [0.05, 0.1) is 17.5 Å². The van der Waals surface area contributed by atoms with Crippen LogP contribution in [0.25, 0.3) is 0 Å². The van der Waals surface area contributed by atoms with Crippen LogP contribution in [-0.4, -0.2) is 38.6 Å². The van der Waals surface area contributed by atoms with Gasteiger partial charge in [-0.3, -0.25) is 9.79 Å². The normalized spacial score (nSPS) is 14.4. The van der Waals surface area contributed by atoms with E-state index in [0.717, 1.165) is 12.0 Å². The first kappa shape index (κ1) is 25.4. The number of carbonyl (C=O) groups excluding carboxylic acids is 1. The van der Waals surface area contributed by atoms with Crippen molar-refractivity contribution in [1.82, 2.24) is 16.0 Å². The van der Waals surface area contributed by atoms with Gasteiger partial charge in [-0.1, -0.05) is 12.1 Å². The molecular formula is C22H30FIN4O2S. The topological polar surface area (TPSA) is 74.8 Å². The molecule has 170 valence electrons. The van der Waals surface area contributed by atoms with E-state index in [9.17, 15) is 9.18 Å². The van der Waals surface area contributed by atoms with Crippen molar-refractivity contribution in [2.24, 2.45) is 10.9 Å². The van der Waals surface area contributed by atoms with Gasteiger partial charge < -0.3 is 20.7 Å². The van der Waals surface area contributed by atoms with Crippen LogP contribution in [0, 0.1) is 11.7 Å². The number of nitrogens with zero attached hydrogens (tertiary/aromatic N) is 1. The molecule has 1 unspecified atom stereocenters. The molecule has 0 saturated heterocycles. The average molecular weight is 560 g/mol. The zero-order chi connectivity index (χ0) is 21.3. The molecule has 31 heavy (non-hydrogen) atoms. The first-order valence-corrected chi connectivity index (χ1v) is 11.2. The lowest BCUT2D eigenvalue weighted by Crippen LogP contribution is -2.40. The summed E-state index contributed by atoms with van der Waals surface area (Å²) in [4.78, 5) is 16.8. The summed E-state index contributed by atoms with van der Waals surface area (Å²) in [5.74, 6) is 1.13. The molecule has 6 nitrogen and oxygen atoms in total. The SMILES string of the molecule is CN=C(NCCCNC(=O)c1cccs1)NC(C)c1ccc(OCC2CC2)c(F)c1.I. The quantitative estimate of drug-likeness (QED) is 0.175. The number of hydrogen-bond donors (Lipinski definition) is 3. The molecule has 1 aromatic carbocycles. The molecule has 1 atom stereocenters. The van der Waals surface area contributed by atoms with Crippen molar-refractivity contribution in [1.29, 1.82) is 0 Å². The molecule has 3 rings (SSSR count). The summed E-state index contributed by atoms with van der Waals surface area (Å²) < 4.78 is 19.9. The standard InChI is InChI=1S/C22H29FN4O2S.HI/c1-15(17-8-9-19(18(23)13-17)29-14-16-6-7-16)27-22(24-2)26-11-4-10-25-21(28)20-5-3-12-30-20;/h3,5,8-9,12-13,15-16H,4,6-7,10-11,14H2,1-2H3,(H,25,28)(H2,24,26,27);1H. The largest absolute Gasteiger partial charge is 0.490 e. The van der Waals surface area contributed by atoms with Crippen LogP contribution >= 0.6 is 35.3 Å². The van der Waals surface area contributed by atoms with Crippen molar-refractivity contribution in [3.05, 3.63) is 52.0 Å². The fraction of sp³-hybridized carbons (Fsp3) is 0.455. The highest BCUT2D eigenvalue weighted by Gasteiger charge is 2.22. The van der Waals surface area contributed by atoms with Gasteiger partial charge in [0, 0.05) is 20.1 Å². The fourth-order valence-corrected chi connectivity index (χ4v) is 3.51. The van der Waals surface area contributed by atoms with Gasteiger partial charge in [-0.05, 0) is 61.2 Å². The Balaban J connectivity index is 0.00000341. The van der Waals surface area contributed by atoms with E-state index >= 15 is 0 Å². The third kappa shape index (κ3) is 8.29. The summed E-state index contributed by atoms with van der Waals surface area (Å²) in [6.45, 7) is 3.77. The number of aliphatic imine (C=N–C) groups is 1. The van der Waals surface area contributed by atoms with Crippen LogP contribution in [0.1, 0.15) is 47.5 Å². The van der Waals surface area contributed by atoms with Gasteiger partial charge in [0.1, 0.15) is 0 Å². The fourth-order valence-electron chi connectivity index (χ4n) is 2.87. The Kier molecular flexibility index (Phi) is 10.5. The second-order valence-electron chi connectivity index (χ2n) is 7.40. The highest BCUT2D eigenvalue weighted by Crippen LogP contribution is 2.30. The predicted molar refractivity (Wildman–Crippen MR) is 134 cm³/mol. The van der Waals surface area contributed by atoms with Crippen molar-refractivity contribution < 1.29 is 13.9 Å². The Labute approximate surface area is 204 Å². The van der Waals surface area contributed by atoms with Gasteiger partial charge in [-0.2, -0.15) is 0 Å². The molecule has 1 aromatic heterocycles. The molecule has 0 bridgehead atoms. The number of benzene rings is 1. The number of amides is 1. The summed E-state index contributed by atoms with van der Waals surface area (Å²) in [7, 11) is 1.69. The molecular weight excluding hydrogens is 530 g/mol. The predicted octanol–water partition coefficient (Wildman–Crippen LogP) is 4.34. The van der Waals surface area contributed by atoms with E-state index in [4.69, 9.17) is 4.74 Å². The Bertz CT molecular complexity index is 859. The summed E-state index contributed by atoms with van der Waals surface area (Å²) in [5.41, 5.74) is 0.817. The lowest BCUT2D eigenvalue weighted by atomic mass is 10.1. The smallest absolute Gasteiger partial charge is 0.261 e. The average Bonchev–Trinajstić information content (AvgIpc) is 3.41. The monoisotopic (exact) mass is 560 g/mol. The second-order valence-corrected chi connectivity index (χ2v) is 8.34. The third-order valence-corrected chi connectivity index (χ3v) is 5.75. The van der Waals surface area contributed by atoms with Crippen LogP contribution in [0.2, 0.25) is 0 Å². The summed E-state index contributed by atoms with van der Waals surface area (Å²) >= 11 is 1.43. The van der Waals surface area contributed by atoms with Crippen molar-refractivity contribution in [3.63, 3.8) is 0 Å². The van der Waals surface area contributed by atoms with E-state index in [1.165, 1.54) is 30.2 Å². The molecule has 1 heterocycles. The van der Waals surface area contributed by atoms with E-state index in [1.54, 1.807) is 19.2 Å². The van der Waals surface area contributed by atoms with Gasteiger partial charge in [-0.15, -0.1) is 35.3 Å². The van der Waals surface area contributed by atoms with Crippen molar-refractivity contribution >= 4 is 47.2 Å². The summed E-state index contributed by atoms with van der Waals surface area (Å²) in [6, 6.07) is 8.61. The van der Waals surface area contributed by atoms with Crippen molar-refractivity contribution in [2.45, 2.75) is 32.2 Å². The second kappa shape index (κ2) is 12.8. The van der Waals surface area contributed by atoms with E-state index in [2.05, 4.69) is 20.9 Å². The van der Waals surface area contributed by atoms with Crippen LogP contribution in [0.5, 0.6) is 5.75 Å². The van der Waals surface area contributed by atoms with E-state index < -0.39 is 0 Å². The van der Waals surface area contributed by atoms with Crippen LogP contribution in [-0.2, 0) is 0 Å². The van der Waals surface area contributed by atoms with Crippen molar-refractivity contribution in [2.75, 3.05) is 26.7 Å². The van der Waals surface area contributed by atoms with Crippen LogP contribution in [0.4, 0.5) is 4.39 Å². The van der Waals surface area contributed by atoms with Gasteiger partial charge in [0.2, 0.25) is 0 Å². The van der Waals surface area contributed by atoms with E-state index in [1.807, 2.05) is 24.4 Å². The molecule has 3 N–H and O–H groups in total. The molecule has 2 aromatic rings. The minimum Gasteiger partial charge on any atom is -0.490 e. The summed E-state index contributed by atoms with van der Waals surface area (Å²) in [6.07, 6.45) is 3.11. The number of halogens is 2. The number of hydrogen-bond acceptors (Lipinski definition) is 4. The van der Waals surface area contributed by atoms with Gasteiger partial charge >= 0.3 is 0 Å². The molecule has 9 heteroatoms. The Morgan fingerprint density at radius 2 is 2.06 bits per heavy atom. The Morgan fingerprint density at radius 3 is 2.71 bits per heavy atom. The van der Waals surface area contributed by atoms with E-state index in [0.29, 0.717) is 42.2 Å². The maximum atomic E-state index is 14.3. The number of rotatable bonds is 10. The zero-order valence-corrected chi connectivity index (χ0v) is 21.0. The number of ether oxygens (including phenoxy) is 1. The lowest BCUT2D eigenvalue weighted by Gasteiger charge is -2.19. The minimum absolute atomic E-state index is 0. The van der Waals surface area contributed by atoms with Crippen LogP contribution in [0.15, 0.2) is 40.7 Å². The highest BCUT2D eigenvalue weighted by molar-refractivity contribution is 14.0. The number of guanidine groups is 1. The third-order valence-electron chi connectivity index (χ3n) is 4.88. The number of nitrogens with one attached hydrogen (secondary N) is 3. The highest BCUT2D eigenvalue weighted by atomic mass is 127. The molecule has 1 aliphatic rings. The van der Waals surface area contributed by atoms with Gasteiger partial charge in [0.25, 0.3) is 5.91 Å². The van der Waals surface area contributed by atoms with E-state index in [-0.39, 0.29) is 41.7 Å². The molecule has 1 fully saturated rings. The number of carbonyl (C=O) groups is 1. The molecule has 1 saturated carbocycles. The maximum absolute atomic E-state index is 14.3. The van der Waals surface area contributed by atoms with Gasteiger partial charge in [0.15, 0.2) is 17.5 Å². The first-order chi connectivity index (χ1) is 14.6. The van der Waals surface area contributed by atoms with Gasteiger partial charge in [-0.25, -0.2) is 4.39 Å². The molecule has 1 amide bonds. The lowest BCUT2D eigenvalue weighted by molar-refractivity contribution is 0.0957. The summed E-state index contributed by atoms with van der Waals surface area (Å²) in [5, 5.41) is 11.3. The molecule has 0 spiro atoms.